The van der Waals surface area contributed by atoms with E-state index < -0.39 is 23.3 Å². The summed E-state index contributed by atoms with van der Waals surface area (Å²) in [6, 6.07) is 3.23. The van der Waals surface area contributed by atoms with Crippen LogP contribution < -0.4 is 26.6 Å². The Balaban J connectivity index is 2.19. The van der Waals surface area contributed by atoms with E-state index in [2.05, 4.69) is 15.6 Å². The minimum atomic E-state index is -0.787. The Labute approximate surface area is 148 Å². The van der Waals surface area contributed by atoms with Crippen LogP contribution in [0.3, 0.4) is 0 Å². The van der Waals surface area contributed by atoms with Gasteiger partial charge < -0.3 is 15.2 Å². The van der Waals surface area contributed by atoms with Crippen LogP contribution in [0.5, 0.6) is 11.5 Å². The molecule has 138 valence electrons. The third-order valence-corrected chi connectivity index (χ3v) is 4.30. The number of hydrogen-bond donors (Lipinski definition) is 4. The van der Waals surface area contributed by atoms with Crippen LogP contribution in [-0.2, 0) is 6.54 Å². The molecule has 3 rings (SSSR count). The van der Waals surface area contributed by atoms with Gasteiger partial charge >= 0.3 is 11.7 Å². The molecule has 0 spiro atoms. The topological polar surface area (TPSA) is 125 Å². The number of phenolic OH excluding ortho intramolecular Hbond substituents is 1. The molecule has 1 aliphatic heterocycles. The number of aromatic amines is 1. The van der Waals surface area contributed by atoms with Crippen LogP contribution >= 0.6 is 0 Å². The number of nitrogens with zero attached hydrogens (tertiary/aromatic N) is 1. The number of anilines is 1. The van der Waals surface area contributed by atoms with Crippen LogP contribution in [0.15, 0.2) is 27.8 Å². The van der Waals surface area contributed by atoms with Gasteiger partial charge in [0.15, 0.2) is 11.5 Å². The lowest BCUT2D eigenvalue weighted by Crippen LogP contribution is -2.46. The molecule has 0 saturated carbocycles. The zero-order valence-electron chi connectivity index (χ0n) is 14.5. The highest BCUT2D eigenvalue weighted by Crippen LogP contribution is 2.33. The molecule has 4 N–H and O–H groups in total. The zero-order chi connectivity index (χ0) is 18.8. The summed E-state index contributed by atoms with van der Waals surface area (Å²) in [5, 5.41) is 15.0. The molecule has 26 heavy (non-hydrogen) atoms. The molecular weight excluding hydrogens is 340 g/mol. The molecule has 1 unspecified atom stereocenters. The third-order valence-electron chi connectivity index (χ3n) is 4.30. The maximum atomic E-state index is 12.5. The van der Waals surface area contributed by atoms with E-state index in [-0.39, 0.29) is 22.9 Å². The van der Waals surface area contributed by atoms with Gasteiger partial charge in [0.1, 0.15) is 5.82 Å². The molecule has 2 aromatic rings. The first-order valence-electron chi connectivity index (χ1n) is 8.27. The fourth-order valence-corrected chi connectivity index (χ4v) is 2.99. The van der Waals surface area contributed by atoms with Crippen molar-refractivity contribution in [3.63, 3.8) is 0 Å². The number of H-pyrrole nitrogens is 1. The lowest BCUT2D eigenvalue weighted by molar-refractivity contribution is 0.248. The Morgan fingerprint density at radius 1 is 1.27 bits per heavy atom. The van der Waals surface area contributed by atoms with Gasteiger partial charge in [0, 0.05) is 6.54 Å². The number of unbranched alkanes of at least 4 members (excludes halogenated alkanes) is 1. The van der Waals surface area contributed by atoms with Crippen molar-refractivity contribution in [1.29, 1.82) is 0 Å². The predicted octanol–water partition coefficient (Wildman–Crippen LogP) is 1.28. The van der Waals surface area contributed by atoms with Crippen molar-refractivity contribution in [1.82, 2.24) is 14.9 Å². The molecule has 2 heterocycles. The van der Waals surface area contributed by atoms with Gasteiger partial charge in [-0.1, -0.05) is 19.4 Å². The predicted molar refractivity (Wildman–Crippen MR) is 94.9 cm³/mol. The number of ether oxygens (including phenoxy) is 1. The number of fused-ring (bicyclic) bond motifs is 1. The minimum absolute atomic E-state index is 0.0569. The molecule has 1 aliphatic rings. The normalized spacial score (nSPS) is 15.8. The molecular formula is C17H20N4O5. The number of benzene rings is 1. The van der Waals surface area contributed by atoms with Crippen LogP contribution in [0.1, 0.15) is 36.9 Å². The summed E-state index contributed by atoms with van der Waals surface area (Å²) in [4.78, 5) is 39.1. The summed E-state index contributed by atoms with van der Waals surface area (Å²) in [6.45, 7) is 2.36. The molecule has 0 fully saturated rings. The smallest absolute Gasteiger partial charge is 0.329 e. The Morgan fingerprint density at radius 2 is 2.04 bits per heavy atom. The van der Waals surface area contributed by atoms with E-state index in [1.165, 1.54) is 23.8 Å². The largest absolute Gasteiger partial charge is 0.504 e. The first-order valence-corrected chi connectivity index (χ1v) is 8.27. The number of urea groups is 1. The molecule has 1 aromatic heterocycles. The minimum Gasteiger partial charge on any atom is -0.504 e. The van der Waals surface area contributed by atoms with Crippen LogP contribution in [0.2, 0.25) is 0 Å². The highest BCUT2D eigenvalue weighted by Gasteiger charge is 2.31. The van der Waals surface area contributed by atoms with E-state index >= 15 is 0 Å². The maximum absolute atomic E-state index is 12.5. The van der Waals surface area contributed by atoms with E-state index in [0.717, 1.165) is 12.8 Å². The number of aromatic nitrogens is 2. The van der Waals surface area contributed by atoms with Gasteiger partial charge in [-0.25, -0.2) is 9.59 Å². The number of aromatic hydroxyl groups is 1. The van der Waals surface area contributed by atoms with Gasteiger partial charge in [-0.15, -0.1) is 0 Å². The SMILES string of the molecule is CCCCn1c2c(c(=O)[nH]c1=O)C(c1ccc(O)c(OC)c1)NC(=O)N2. The Kier molecular flexibility index (Phi) is 4.70. The number of carbonyl (C=O) groups excluding carboxylic acids is 1. The third kappa shape index (κ3) is 3.03. The summed E-state index contributed by atoms with van der Waals surface area (Å²) in [5.74, 6) is 0.346. The number of carbonyl (C=O) groups is 1. The van der Waals surface area contributed by atoms with Gasteiger partial charge in [0.25, 0.3) is 5.56 Å². The molecule has 0 radical (unpaired) electrons. The number of hydrogen-bond acceptors (Lipinski definition) is 5. The lowest BCUT2D eigenvalue weighted by atomic mass is 9.98. The fourth-order valence-electron chi connectivity index (χ4n) is 2.99. The van der Waals surface area contributed by atoms with Crippen molar-refractivity contribution >= 4 is 11.8 Å². The molecule has 9 heteroatoms. The van der Waals surface area contributed by atoms with Crippen LogP contribution in [0.4, 0.5) is 10.6 Å². The average Bonchev–Trinajstić information content (AvgIpc) is 2.61. The summed E-state index contributed by atoms with van der Waals surface area (Å²) in [6.07, 6.45) is 1.57. The summed E-state index contributed by atoms with van der Waals surface area (Å²) < 4.78 is 6.46. The molecule has 9 nitrogen and oxygen atoms in total. The Morgan fingerprint density at radius 3 is 2.73 bits per heavy atom. The maximum Gasteiger partial charge on any atom is 0.329 e. The van der Waals surface area contributed by atoms with Crippen LogP contribution in [0.25, 0.3) is 0 Å². The molecule has 1 atom stereocenters. The number of methoxy groups -OCH3 is 1. The van der Waals surface area contributed by atoms with Crippen LogP contribution in [-0.4, -0.2) is 27.8 Å². The number of phenols is 1. The molecule has 0 aliphatic carbocycles. The molecule has 1 aromatic carbocycles. The van der Waals surface area contributed by atoms with Crippen molar-refractivity contribution in [3.8, 4) is 11.5 Å². The Bertz CT molecular complexity index is 963. The van der Waals surface area contributed by atoms with Gasteiger partial charge in [-0.05, 0) is 24.1 Å². The highest BCUT2D eigenvalue weighted by molar-refractivity contribution is 5.92. The number of nitrogens with one attached hydrogen (secondary N) is 3. The van der Waals surface area contributed by atoms with Crippen molar-refractivity contribution in [2.75, 3.05) is 12.4 Å². The summed E-state index contributed by atoms with van der Waals surface area (Å²) in [7, 11) is 1.41. The molecule has 0 saturated heterocycles. The van der Waals surface area contributed by atoms with E-state index in [4.69, 9.17) is 4.74 Å². The second-order valence-corrected chi connectivity index (χ2v) is 5.99. The average molecular weight is 360 g/mol. The Hall–Kier alpha value is -3.23. The van der Waals surface area contributed by atoms with Crippen molar-refractivity contribution in [3.05, 3.63) is 50.2 Å². The van der Waals surface area contributed by atoms with Crippen molar-refractivity contribution in [2.24, 2.45) is 0 Å². The van der Waals surface area contributed by atoms with E-state index in [1.54, 1.807) is 6.07 Å². The van der Waals surface area contributed by atoms with Gasteiger partial charge in [0.2, 0.25) is 0 Å². The quantitative estimate of drug-likeness (QED) is 0.639. The van der Waals surface area contributed by atoms with Crippen molar-refractivity contribution < 1.29 is 14.6 Å². The molecule has 0 bridgehead atoms. The number of rotatable bonds is 5. The van der Waals surface area contributed by atoms with Gasteiger partial charge in [0.05, 0.1) is 18.7 Å². The van der Waals surface area contributed by atoms with E-state index in [1.807, 2.05) is 6.92 Å². The summed E-state index contributed by atoms with van der Waals surface area (Å²) >= 11 is 0. The zero-order valence-corrected chi connectivity index (χ0v) is 14.5. The monoisotopic (exact) mass is 360 g/mol. The lowest BCUT2D eigenvalue weighted by Gasteiger charge is -2.28. The molecule has 2 amide bonds. The second-order valence-electron chi connectivity index (χ2n) is 5.99. The van der Waals surface area contributed by atoms with E-state index in [0.29, 0.717) is 12.1 Å². The standard InChI is InChI=1S/C17H20N4O5/c1-3-4-7-21-14-12(15(23)20-17(21)25)13(18-16(24)19-14)9-5-6-10(22)11(8-9)26-2/h5-6,8,13,22H,3-4,7H2,1-2H3,(H2,18,19,24)(H,20,23,25). The van der Waals surface area contributed by atoms with E-state index in [9.17, 15) is 19.5 Å². The highest BCUT2D eigenvalue weighted by atomic mass is 16.5. The second kappa shape index (κ2) is 6.95. The fraction of sp³-hybridized carbons (Fsp3) is 0.353. The first kappa shape index (κ1) is 17.6. The van der Waals surface area contributed by atoms with Gasteiger partial charge in [-0.3, -0.25) is 19.7 Å². The van der Waals surface area contributed by atoms with Crippen molar-refractivity contribution in [2.45, 2.75) is 32.4 Å². The van der Waals surface area contributed by atoms with Crippen LogP contribution in [0, 0.1) is 0 Å². The first-order chi connectivity index (χ1) is 12.5. The van der Waals surface area contributed by atoms with Gasteiger partial charge in [-0.2, -0.15) is 0 Å². The number of amides is 2. The summed E-state index contributed by atoms with van der Waals surface area (Å²) in [5.41, 5.74) is -0.372.